The summed E-state index contributed by atoms with van der Waals surface area (Å²) < 4.78 is 0.559. The van der Waals surface area contributed by atoms with E-state index in [-0.39, 0.29) is 0 Å². The molecule has 5 heteroatoms. The smallest absolute Gasteiger partial charge is 0.148 e. The lowest BCUT2D eigenvalue weighted by molar-refractivity contribution is -0.193. The van der Waals surface area contributed by atoms with Gasteiger partial charge in [-0.05, 0) is 0 Å². The van der Waals surface area contributed by atoms with Crippen molar-refractivity contribution in [2.24, 2.45) is 0 Å². The summed E-state index contributed by atoms with van der Waals surface area (Å²) in [7, 11) is -2.87. The first-order chi connectivity index (χ1) is 14.2. The van der Waals surface area contributed by atoms with Gasteiger partial charge in [-0.15, -0.1) is 0 Å². The van der Waals surface area contributed by atoms with Gasteiger partial charge in [0.2, 0.25) is 0 Å². The molecule has 2 N–H and O–H groups in total. The van der Waals surface area contributed by atoms with Gasteiger partial charge in [0.15, 0.2) is 0 Å². The zero-order valence-corrected chi connectivity index (χ0v) is 16.6. The average Bonchev–Trinajstić information content (AvgIpc) is 2.77. The van der Waals surface area contributed by atoms with Crippen LogP contribution in [-0.2, 0) is 0 Å². The lowest BCUT2D eigenvalue weighted by Crippen LogP contribution is -2.33. The van der Waals surface area contributed by atoms with Crippen molar-refractivity contribution in [3.63, 3.8) is 0 Å². The van der Waals surface area contributed by atoms with E-state index in [4.69, 9.17) is 14.7 Å². The van der Waals surface area contributed by atoms with Gasteiger partial charge in [-0.3, -0.25) is 0 Å². The number of rotatable bonds is 4. The van der Waals surface area contributed by atoms with Crippen LogP contribution in [0.15, 0.2) is 121 Å². The van der Waals surface area contributed by atoms with Crippen molar-refractivity contribution < 1.29 is 14.7 Å². The van der Waals surface area contributed by atoms with Gasteiger partial charge in [0.25, 0.3) is 0 Å². The number of para-hydroxylation sites is 4. The maximum atomic E-state index is 8.70. The molecule has 0 spiro atoms. The second-order valence-electron chi connectivity index (χ2n) is 6.27. The van der Waals surface area contributed by atoms with Gasteiger partial charge in [0.1, 0.15) is 22.7 Å². The van der Waals surface area contributed by atoms with Gasteiger partial charge < -0.3 is 14.7 Å². The molecule has 0 bridgehead atoms. The molecular formula is C24H22NO3P. The number of nitrogens with zero attached hydrogens (tertiary/aromatic N) is 1. The third-order valence-electron chi connectivity index (χ3n) is 4.57. The summed E-state index contributed by atoms with van der Waals surface area (Å²) in [5, 5.41) is 0. The van der Waals surface area contributed by atoms with Crippen LogP contribution in [0.5, 0.6) is 0 Å². The second-order valence-corrected chi connectivity index (χ2v) is 6.77. The Hall–Kier alpha value is -2.85. The van der Waals surface area contributed by atoms with Crippen molar-refractivity contribution in [1.82, 2.24) is 4.48 Å². The Bertz CT molecular complexity index is 815. The van der Waals surface area contributed by atoms with Crippen molar-refractivity contribution in [2.45, 2.75) is 0 Å². The van der Waals surface area contributed by atoms with E-state index in [0.29, 0.717) is 4.48 Å². The molecule has 0 atom stereocenters. The Kier molecular flexibility index (Phi) is 7.25. The summed E-state index contributed by atoms with van der Waals surface area (Å²) >= 11 is 0. The van der Waals surface area contributed by atoms with Crippen LogP contribution in [-0.4, -0.2) is 9.79 Å². The fourth-order valence-electron chi connectivity index (χ4n) is 3.50. The minimum absolute atomic E-state index is 0.559. The van der Waals surface area contributed by atoms with E-state index in [2.05, 4.69) is 121 Å². The van der Waals surface area contributed by atoms with E-state index in [1.165, 1.54) is 22.7 Å². The van der Waals surface area contributed by atoms with Crippen LogP contribution in [0, 0.1) is 0 Å². The van der Waals surface area contributed by atoms with Crippen LogP contribution in [0.25, 0.3) is 0 Å². The fourth-order valence-corrected chi connectivity index (χ4v) is 3.50. The lowest BCUT2D eigenvalue weighted by Gasteiger charge is -2.37. The van der Waals surface area contributed by atoms with Gasteiger partial charge in [0.05, 0.1) is 8.60 Å². The highest BCUT2D eigenvalue weighted by Crippen LogP contribution is 2.50. The lowest BCUT2D eigenvalue weighted by atomic mass is 10.1. The van der Waals surface area contributed by atoms with Crippen molar-refractivity contribution in [1.29, 1.82) is 0 Å². The normalized spacial score (nSPS) is 10.9. The molecule has 4 aromatic rings. The van der Waals surface area contributed by atoms with Crippen LogP contribution >= 0.6 is 8.60 Å². The van der Waals surface area contributed by atoms with E-state index < -0.39 is 8.60 Å². The van der Waals surface area contributed by atoms with E-state index in [1.807, 2.05) is 0 Å². The molecule has 0 radical (unpaired) electrons. The average molecular weight is 403 g/mol. The molecule has 0 amide bonds. The van der Waals surface area contributed by atoms with Crippen LogP contribution in [0.4, 0.5) is 22.7 Å². The van der Waals surface area contributed by atoms with Crippen molar-refractivity contribution in [2.75, 3.05) is 0 Å². The zero-order chi connectivity index (χ0) is 20.5. The summed E-state index contributed by atoms with van der Waals surface area (Å²) in [5.74, 6) is 0. The van der Waals surface area contributed by atoms with Gasteiger partial charge in [-0.2, -0.15) is 4.48 Å². The predicted molar refractivity (Wildman–Crippen MR) is 118 cm³/mol. The molecule has 0 saturated carbocycles. The summed E-state index contributed by atoms with van der Waals surface area (Å²) in [5.41, 5.74) is 4.86. The molecule has 0 unspecified atom stereocenters. The molecule has 29 heavy (non-hydrogen) atoms. The van der Waals surface area contributed by atoms with Gasteiger partial charge >= 0.3 is 0 Å². The minimum atomic E-state index is -2.87. The van der Waals surface area contributed by atoms with Crippen LogP contribution in [0.3, 0.4) is 0 Å². The number of hydrogen-bond acceptors (Lipinski definition) is 3. The van der Waals surface area contributed by atoms with Crippen LogP contribution < -0.4 is 9.38 Å². The van der Waals surface area contributed by atoms with E-state index in [1.54, 1.807) is 0 Å². The Morgan fingerprint density at radius 3 is 0.793 bits per heavy atom. The van der Waals surface area contributed by atoms with E-state index in [0.717, 1.165) is 0 Å². The summed E-state index contributed by atoms with van der Waals surface area (Å²) in [4.78, 5) is 22.9. The Morgan fingerprint density at radius 2 is 0.621 bits per heavy atom. The fraction of sp³-hybridized carbons (Fsp3) is 0. The van der Waals surface area contributed by atoms with Gasteiger partial charge in [0, 0.05) is 48.5 Å². The first-order valence-electron chi connectivity index (χ1n) is 9.12. The third-order valence-corrected chi connectivity index (χ3v) is 4.57. The second kappa shape index (κ2) is 10.1. The third kappa shape index (κ3) is 4.77. The van der Waals surface area contributed by atoms with E-state index >= 15 is 0 Å². The predicted octanol–water partition coefficient (Wildman–Crippen LogP) is 5.55. The molecule has 0 aliphatic carbocycles. The molecule has 4 rings (SSSR count). The molecule has 0 heterocycles. The molecule has 0 fully saturated rings. The van der Waals surface area contributed by atoms with Crippen LogP contribution in [0.2, 0.25) is 0 Å². The van der Waals surface area contributed by atoms with Gasteiger partial charge in [-0.1, -0.05) is 72.8 Å². The molecular weight excluding hydrogens is 381 g/mol. The highest BCUT2D eigenvalue weighted by molar-refractivity contribution is 7.36. The first kappa shape index (κ1) is 20.9. The molecule has 4 aromatic carbocycles. The summed E-state index contributed by atoms with van der Waals surface area (Å²) in [6, 6.07) is 42.8. The summed E-state index contributed by atoms with van der Waals surface area (Å²) in [6.45, 7) is 0. The van der Waals surface area contributed by atoms with Crippen molar-refractivity contribution >= 4 is 31.4 Å². The maximum absolute atomic E-state index is 8.70. The number of benzene rings is 4. The SMILES string of the molecule is [O-]P(O)O.c1ccc([N+](c2ccccc2)(c2ccccc2)c2ccccc2)cc1. The molecule has 146 valence electrons. The number of hydrogen-bond donors (Lipinski definition) is 2. The maximum Gasteiger partial charge on any atom is 0.148 e. The largest absolute Gasteiger partial charge is 0.786 e. The van der Waals surface area contributed by atoms with E-state index in [9.17, 15) is 0 Å². The Morgan fingerprint density at radius 1 is 0.448 bits per heavy atom. The first-order valence-corrected chi connectivity index (χ1v) is 10.3. The van der Waals surface area contributed by atoms with Gasteiger partial charge in [-0.25, -0.2) is 0 Å². The zero-order valence-electron chi connectivity index (χ0n) is 15.7. The van der Waals surface area contributed by atoms with Crippen molar-refractivity contribution in [3.8, 4) is 0 Å². The Balaban J connectivity index is 0.000000552. The summed E-state index contributed by atoms with van der Waals surface area (Å²) in [6.07, 6.45) is 0. The number of quaternary nitrogens is 1. The quantitative estimate of drug-likeness (QED) is 0.347. The standard InChI is InChI=1S/C24H20N.H2O3P/c1-5-13-21(14-6-1)25(22-15-7-2-8-16-22,23-17-9-3-10-18-23)24-19-11-4-12-20-24;1-4(2)3/h1-20H;1-2H/q+1;-1. The molecule has 0 aromatic heterocycles. The topological polar surface area (TPSA) is 63.5 Å². The highest BCUT2D eigenvalue weighted by atomic mass is 31.2. The monoisotopic (exact) mass is 403 g/mol. The molecule has 0 aliphatic heterocycles. The molecule has 0 saturated heterocycles. The molecule has 0 aliphatic rings. The molecule has 4 nitrogen and oxygen atoms in total. The Labute approximate surface area is 172 Å². The highest BCUT2D eigenvalue weighted by Gasteiger charge is 2.38. The van der Waals surface area contributed by atoms with Crippen LogP contribution in [0.1, 0.15) is 0 Å². The van der Waals surface area contributed by atoms with Crippen molar-refractivity contribution in [3.05, 3.63) is 121 Å². The minimum Gasteiger partial charge on any atom is -0.786 e.